The number of rotatable bonds is 6. The highest BCUT2D eigenvalue weighted by Gasteiger charge is 2.29. The third-order valence-corrected chi connectivity index (χ3v) is 5.71. The van der Waals surface area contributed by atoms with Crippen molar-refractivity contribution in [3.8, 4) is 0 Å². The van der Waals surface area contributed by atoms with Crippen molar-refractivity contribution < 1.29 is 9.59 Å². The summed E-state index contributed by atoms with van der Waals surface area (Å²) in [4.78, 5) is 30.0. The van der Waals surface area contributed by atoms with Gasteiger partial charge < -0.3 is 15.1 Å². The number of aromatic nitrogens is 2. The summed E-state index contributed by atoms with van der Waals surface area (Å²) >= 11 is 1.47. The highest BCUT2D eigenvalue weighted by Crippen LogP contribution is 2.32. The number of carbonyl (C=O) groups is 2. The van der Waals surface area contributed by atoms with Crippen LogP contribution in [0.1, 0.15) is 25.7 Å². The van der Waals surface area contributed by atoms with Crippen LogP contribution < -0.4 is 15.1 Å². The van der Waals surface area contributed by atoms with Gasteiger partial charge in [0.25, 0.3) is 0 Å². The average Bonchev–Trinajstić information content (AvgIpc) is 3.23. The molecule has 0 aromatic carbocycles. The van der Waals surface area contributed by atoms with Gasteiger partial charge in [0.1, 0.15) is 0 Å². The van der Waals surface area contributed by atoms with Gasteiger partial charge >= 0.3 is 0 Å². The summed E-state index contributed by atoms with van der Waals surface area (Å²) < 4.78 is 0. The molecule has 2 amide bonds. The van der Waals surface area contributed by atoms with Gasteiger partial charge in [0.05, 0.1) is 0 Å². The van der Waals surface area contributed by atoms with E-state index in [9.17, 15) is 9.59 Å². The molecule has 1 N–H and O–H groups in total. The van der Waals surface area contributed by atoms with Gasteiger partial charge in [-0.15, -0.1) is 10.2 Å². The normalized spacial score (nSPS) is 19.1. The van der Waals surface area contributed by atoms with Crippen molar-refractivity contribution >= 4 is 33.4 Å². The van der Waals surface area contributed by atoms with Crippen molar-refractivity contribution in [1.82, 2.24) is 20.4 Å². The SMILES string of the molecule is CN(C)CCNC(=O)C1CCN(c2nnc(N3CCCC3=O)s2)CC1. The second kappa shape index (κ2) is 8.09. The van der Waals surface area contributed by atoms with Crippen LogP contribution >= 0.6 is 11.3 Å². The fourth-order valence-corrected chi connectivity index (χ4v) is 4.12. The van der Waals surface area contributed by atoms with Crippen molar-refractivity contribution in [3.63, 3.8) is 0 Å². The van der Waals surface area contributed by atoms with Gasteiger partial charge in [0.15, 0.2) is 0 Å². The van der Waals surface area contributed by atoms with Gasteiger partial charge in [-0.2, -0.15) is 0 Å². The van der Waals surface area contributed by atoms with Crippen LogP contribution in [-0.2, 0) is 9.59 Å². The van der Waals surface area contributed by atoms with Gasteiger partial charge in [0.2, 0.25) is 22.1 Å². The molecule has 0 radical (unpaired) electrons. The molecule has 9 heteroatoms. The predicted octanol–water partition coefficient (Wildman–Crippen LogP) is 0.559. The lowest BCUT2D eigenvalue weighted by atomic mass is 9.96. The largest absolute Gasteiger partial charge is 0.355 e. The molecule has 2 aliphatic heterocycles. The second-order valence-electron chi connectivity index (χ2n) is 6.87. The van der Waals surface area contributed by atoms with Crippen molar-refractivity contribution in [2.75, 3.05) is 56.6 Å². The van der Waals surface area contributed by atoms with Crippen LogP contribution in [0.15, 0.2) is 0 Å². The van der Waals surface area contributed by atoms with Crippen LogP contribution in [-0.4, -0.2) is 73.7 Å². The van der Waals surface area contributed by atoms with Crippen LogP contribution in [0.4, 0.5) is 10.3 Å². The van der Waals surface area contributed by atoms with Crippen molar-refractivity contribution in [3.05, 3.63) is 0 Å². The Bertz CT molecular complexity index is 612. The Morgan fingerprint density at radius 1 is 1.24 bits per heavy atom. The molecule has 2 fully saturated rings. The van der Waals surface area contributed by atoms with Crippen molar-refractivity contribution in [2.45, 2.75) is 25.7 Å². The number of anilines is 2. The van der Waals surface area contributed by atoms with E-state index in [4.69, 9.17) is 0 Å². The van der Waals surface area contributed by atoms with Gasteiger partial charge in [0, 0.05) is 45.1 Å². The molecule has 3 heterocycles. The number of nitrogens with one attached hydrogen (secondary N) is 1. The predicted molar refractivity (Wildman–Crippen MR) is 98.0 cm³/mol. The Balaban J connectivity index is 1.48. The third kappa shape index (κ3) is 4.46. The summed E-state index contributed by atoms with van der Waals surface area (Å²) in [6.07, 6.45) is 3.14. The zero-order chi connectivity index (χ0) is 17.8. The molecule has 0 bridgehead atoms. The summed E-state index contributed by atoms with van der Waals surface area (Å²) in [6, 6.07) is 0. The van der Waals surface area contributed by atoms with E-state index in [0.717, 1.165) is 50.6 Å². The lowest BCUT2D eigenvalue weighted by Crippen LogP contribution is -2.42. The van der Waals surface area contributed by atoms with Gasteiger partial charge in [-0.05, 0) is 33.4 Å². The molecule has 138 valence electrons. The first-order valence-electron chi connectivity index (χ1n) is 8.86. The summed E-state index contributed by atoms with van der Waals surface area (Å²) in [7, 11) is 3.99. The minimum absolute atomic E-state index is 0.0750. The fraction of sp³-hybridized carbons (Fsp3) is 0.750. The standard InChI is InChI=1S/C16H26N6O2S/c1-20(2)11-7-17-14(24)12-5-9-21(10-6-12)15-18-19-16(25-15)22-8-3-4-13(22)23/h12H,3-11H2,1-2H3,(H,17,24). The number of nitrogens with zero attached hydrogens (tertiary/aromatic N) is 5. The summed E-state index contributed by atoms with van der Waals surface area (Å²) in [5, 5.41) is 13.0. The Morgan fingerprint density at radius 2 is 1.96 bits per heavy atom. The molecular weight excluding hydrogens is 340 g/mol. The molecule has 0 atom stereocenters. The Hall–Kier alpha value is -1.74. The van der Waals surface area contributed by atoms with Crippen LogP contribution in [0.2, 0.25) is 0 Å². The van der Waals surface area contributed by atoms with E-state index in [1.165, 1.54) is 11.3 Å². The van der Waals surface area contributed by atoms with E-state index in [1.807, 2.05) is 14.1 Å². The van der Waals surface area contributed by atoms with E-state index < -0.39 is 0 Å². The maximum Gasteiger partial charge on any atom is 0.228 e. The minimum Gasteiger partial charge on any atom is -0.355 e. The Kier molecular flexibility index (Phi) is 5.85. The van der Waals surface area contributed by atoms with E-state index in [-0.39, 0.29) is 17.7 Å². The highest BCUT2D eigenvalue weighted by atomic mass is 32.1. The van der Waals surface area contributed by atoms with E-state index >= 15 is 0 Å². The molecular formula is C16H26N6O2S. The molecule has 1 aromatic heterocycles. The first kappa shape index (κ1) is 18.1. The van der Waals surface area contributed by atoms with Crippen LogP contribution in [0.5, 0.6) is 0 Å². The van der Waals surface area contributed by atoms with Gasteiger partial charge in [-0.25, -0.2) is 0 Å². The highest BCUT2D eigenvalue weighted by molar-refractivity contribution is 7.19. The third-order valence-electron chi connectivity index (χ3n) is 4.70. The summed E-state index contributed by atoms with van der Waals surface area (Å²) in [5.74, 6) is 0.365. The quantitative estimate of drug-likeness (QED) is 0.792. The number of amides is 2. The van der Waals surface area contributed by atoms with Crippen LogP contribution in [0, 0.1) is 5.92 Å². The minimum atomic E-state index is 0.0750. The average molecular weight is 366 g/mol. The zero-order valence-corrected chi connectivity index (χ0v) is 15.7. The fourth-order valence-electron chi connectivity index (χ4n) is 3.18. The first-order chi connectivity index (χ1) is 12.0. The van der Waals surface area contributed by atoms with Gasteiger partial charge in [-0.3, -0.25) is 14.5 Å². The number of piperidine rings is 1. The molecule has 2 saturated heterocycles. The second-order valence-corrected chi connectivity index (χ2v) is 7.81. The molecule has 8 nitrogen and oxygen atoms in total. The number of likely N-dealkylation sites (N-methyl/N-ethyl adjacent to an activating group) is 1. The maximum absolute atomic E-state index is 12.2. The summed E-state index contributed by atoms with van der Waals surface area (Å²) in [6.45, 7) is 3.88. The maximum atomic E-state index is 12.2. The smallest absolute Gasteiger partial charge is 0.228 e. The lowest BCUT2D eigenvalue weighted by Gasteiger charge is -2.30. The number of hydrogen-bond acceptors (Lipinski definition) is 7. The van der Waals surface area contributed by atoms with E-state index in [1.54, 1.807) is 4.90 Å². The topological polar surface area (TPSA) is 81.7 Å². The number of hydrogen-bond donors (Lipinski definition) is 1. The number of carbonyl (C=O) groups excluding carboxylic acids is 2. The zero-order valence-electron chi connectivity index (χ0n) is 14.9. The van der Waals surface area contributed by atoms with Crippen molar-refractivity contribution in [2.24, 2.45) is 5.92 Å². The Morgan fingerprint density at radius 3 is 2.60 bits per heavy atom. The van der Waals surface area contributed by atoms with Crippen LogP contribution in [0.25, 0.3) is 0 Å². The molecule has 0 aliphatic carbocycles. The molecule has 25 heavy (non-hydrogen) atoms. The summed E-state index contributed by atoms with van der Waals surface area (Å²) in [5.41, 5.74) is 0. The molecule has 2 aliphatic rings. The van der Waals surface area contributed by atoms with E-state index in [2.05, 4.69) is 25.3 Å². The molecule has 0 spiro atoms. The lowest BCUT2D eigenvalue weighted by molar-refractivity contribution is -0.125. The monoisotopic (exact) mass is 366 g/mol. The molecule has 3 rings (SSSR count). The molecule has 0 saturated carbocycles. The van der Waals surface area contributed by atoms with Crippen LogP contribution in [0.3, 0.4) is 0 Å². The van der Waals surface area contributed by atoms with Crippen molar-refractivity contribution in [1.29, 1.82) is 0 Å². The first-order valence-corrected chi connectivity index (χ1v) is 9.67. The molecule has 1 aromatic rings. The van der Waals surface area contributed by atoms with Gasteiger partial charge in [-0.1, -0.05) is 11.3 Å². The van der Waals surface area contributed by atoms with E-state index in [0.29, 0.717) is 18.1 Å². The Labute approximate surface area is 152 Å². The molecule has 0 unspecified atom stereocenters.